The zero-order valence-corrected chi connectivity index (χ0v) is 12.4. The van der Waals surface area contributed by atoms with Crippen LogP contribution in [0.25, 0.3) is 0 Å². The lowest BCUT2D eigenvalue weighted by atomic mass is 9.95. The summed E-state index contributed by atoms with van der Waals surface area (Å²) in [6.07, 6.45) is 2.49. The van der Waals surface area contributed by atoms with Crippen molar-refractivity contribution >= 4 is 29.1 Å². The minimum absolute atomic E-state index is 0.0976. The van der Waals surface area contributed by atoms with E-state index in [1.165, 1.54) is 23.1 Å². The Morgan fingerprint density at radius 3 is 2.76 bits per heavy atom. The largest absolute Gasteiger partial charge is 0.329 e. The number of hydrogen-bond donors (Lipinski definition) is 0. The zero-order valence-electron chi connectivity index (χ0n) is 11.7. The van der Waals surface area contributed by atoms with Crippen molar-refractivity contribution in [3.63, 3.8) is 0 Å². The second kappa shape index (κ2) is 5.30. The molecule has 0 bridgehead atoms. The SMILES string of the molecule is CC1C(=O)N2CCCCC2C(=O)N1c1cc(F)ccc1Cl. The maximum absolute atomic E-state index is 13.5. The van der Waals surface area contributed by atoms with Crippen molar-refractivity contribution in [1.82, 2.24) is 4.90 Å². The molecule has 0 aliphatic carbocycles. The van der Waals surface area contributed by atoms with Crippen LogP contribution < -0.4 is 4.90 Å². The molecule has 0 saturated carbocycles. The number of hydrogen-bond acceptors (Lipinski definition) is 2. The molecule has 0 radical (unpaired) electrons. The van der Waals surface area contributed by atoms with Gasteiger partial charge in [0.2, 0.25) is 5.91 Å². The first kappa shape index (κ1) is 14.3. The maximum atomic E-state index is 13.5. The second-order valence-electron chi connectivity index (χ2n) is 5.52. The number of piperazine rings is 1. The summed E-state index contributed by atoms with van der Waals surface area (Å²) < 4.78 is 13.5. The van der Waals surface area contributed by atoms with Gasteiger partial charge in [-0.3, -0.25) is 14.5 Å². The van der Waals surface area contributed by atoms with Gasteiger partial charge in [-0.25, -0.2) is 4.39 Å². The molecule has 2 unspecified atom stereocenters. The maximum Gasteiger partial charge on any atom is 0.250 e. The molecule has 0 N–H and O–H groups in total. The Hall–Kier alpha value is -1.62. The molecule has 6 heteroatoms. The molecule has 2 aliphatic rings. The van der Waals surface area contributed by atoms with Crippen LogP contribution in [0.15, 0.2) is 18.2 Å². The molecule has 2 atom stereocenters. The van der Waals surface area contributed by atoms with E-state index in [0.29, 0.717) is 13.0 Å². The van der Waals surface area contributed by atoms with Crippen molar-refractivity contribution < 1.29 is 14.0 Å². The average Bonchev–Trinajstić information content (AvgIpc) is 2.49. The molecule has 112 valence electrons. The first-order chi connectivity index (χ1) is 10.0. The lowest BCUT2D eigenvalue weighted by Crippen LogP contribution is -2.65. The summed E-state index contributed by atoms with van der Waals surface area (Å²) in [5.74, 6) is -0.748. The lowest BCUT2D eigenvalue weighted by molar-refractivity contribution is -0.147. The molecule has 2 aliphatic heterocycles. The van der Waals surface area contributed by atoms with Gasteiger partial charge < -0.3 is 4.90 Å². The standard InChI is InChI=1S/C15H16ClFN2O2/c1-9-14(20)18-7-3-2-4-12(18)15(21)19(9)13-8-10(17)5-6-11(13)16/h5-6,8-9,12H,2-4,7H2,1H3. The number of amides is 2. The third kappa shape index (κ3) is 2.29. The minimum atomic E-state index is -0.661. The van der Waals surface area contributed by atoms with Crippen molar-refractivity contribution in [2.75, 3.05) is 11.4 Å². The van der Waals surface area contributed by atoms with Gasteiger partial charge in [0, 0.05) is 6.54 Å². The number of anilines is 1. The Balaban J connectivity index is 2.03. The number of rotatable bonds is 1. The van der Waals surface area contributed by atoms with Crippen LogP contribution in [-0.2, 0) is 9.59 Å². The highest BCUT2D eigenvalue weighted by molar-refractivity contribution is 6.34. The Morgan fingerprint density at radius 1 is 1.24 bits per heavy atom. The van der Waals surface area contributed by atoms with Gasteiger partial charge in [-0.05, 0) is 44.4 Å². The van der Waals surface area contributed by atoms with Crippen LogP contribution in [0.5, 0.6) is 0 Å². The van der Waals surface area contributed by atoms with Gasteiger partial charge in [0.15, 0.2) is 0 Å². The van der Waals surface area contributed by atoms with Crippen LogP contribution >= 0.6 is 11.6 Å². The van der Waals surface area contributed by atoms with Gasteiger partial charge in [-0.2, -0.15) is 0 Å². The molecule has 0 aromatic heterocycles. The number of benzene rings is 1. The van der Waals surface area contributed by atoms with Gasteiger partial charge in [0.1, 0.15) is 17.9 Å². The Labute approximate surface area is 127 Å². The molecule has 4 nitrogen and oxygen atoms in total. The fraction of sp³-hybridized carbons (Fsp3) is 0.467. The van der Waals surface area contributed by atoms with Crippen molar-refractivity contribution in [2.24, 2.45) is 0 Å². The molecule has 1 aromatic rings. The third-order valence-electron chi connectivity index (χ3n) is 4.22. The summed E-state index contributed by atoms with van der Waals surface area (Å²) >= 11 is 6.10. The molecular formula is C15H16ClFN2O2. The first-order valence-electron chi connectivity index (χ1n) is 7.09. The summed E-state index contributed by atoms with van der Waals surface area (Å²) in [6, 6.07) is 2.75. The highest BCUT2D eigenvalue weighted by Crippen LogP contribution is 2.34. The van der Waals surface area contributed by atoms with Gasteiger partial charge in [0.05, 0.1) is 10.7 Å². The smallest absolute Gasteiger partial charge is 0.250 e. The highest BCUT2D eigenvalue weighted by atomic mass is 35.5. The molecule has 2 fully saturated rings. The molecule has 2 amide bonds. The van der Waals surface area contributed by atoms with E-state index in [1.54, 1.807) is 11.8 Å². The molecule has 3 rings (SSSR count). The summed E-state index contributed by atoms with van der Waals surface area (Å²) in [5.41, 5.74) is 0.271. The Kier molecular flexibility index (Phi) is 3.61. The molecular weight excluding hydrogens is 295 g/mol. The van der Waals surface area contributed by atoms with Crippen molar-refractivity contribution in [1.29, 1.82) is 0 Å². The van der Waals surface area contributed by atoms with Gasteiger partial charge in [-0.15, -0.1) is 0 Å². The van der Waals surface area contributed by atoms with Gasteiger partial charge >= 0.3 is 0 Å². The molecule has 0 spiro atoms. The van der Waals surface area contributed by atoms with Crippen molar-refractivity contribution in [3.8, 4) is 0 Å². The topological polar surface area (TPSA) is 40.6 Å². The fourth-order valence-corrected chi connectivity index (χ4v) is 3.36. The zero-order chi connectivity index (χ0) is 15.1. The Bertz CT molecular complexity index is 607. The molecule has 2 saturated heterocycles. The minimum Gasteiger partial charge on any atom is -0.329 e. The lowest BCUT2D eigenvalue weighted by Gasteiger charge is -2.46. The summed E-state index contributed by atoms with van der Waals surface area (Å²) in [5, 5.41) is 0.272. The number of carbonyl (C=O) groups is 2. The van der Waals surface area contributed by atoms with E-state index in [9.17, 15) is 14.0 Å². The highest BCUT2D eigenvalue weighted by Gasteiger charge is 2.45. The van der Waals surface area contributed by atoms with Gasteiger partial charge in [-0.1, -0.05) is 11.6 Å². The summed E-state index contributed by atoms with van der Waals surface area (Å²) in [7, 11) is 0. The van der Waals surface area contributed by atoms with E-state index < -0.39 is 17.9 Å². The summed E-state index contributed by atoms with van der Waals surface area (Å²) in [6.45, 7) is 2.27. The average molecular weight is 311 g/mol. The van der Waals surface area contributed by atoms with E-state index in [-0.39, 0.29) is 22.5 Å². The number of carbonyl (C=O) groups excluding carboxylic acids is 2. The van der Waals surface area contributed by atoms with E-state index in [1.807, 2.05) is 0 Å². The third-order valence-corrected chi connectivity index (χ3v) is 4.54. The molecule has 21 heavy (non-hydrogen) atoms. The van der Waals surface area contributed by atoms with E-state index in [0.717, 1.165) is 12.8 Å². The molecule has 2 heterocycles. The molecule has 1 aromatic carbocycles. The number of nitrogens with zero attached hydrogens (tertiary/aromatic N) is 2. The van der Waals surface area contributed by atoms with E-state index >= 15 is 0 Å². The number of fused-ring (bicyclic) bond motifs is 1. The number of halogens is 2. The normalized spacial score (nSPS) is 26.0. The van der Waals surface area contributed by atoms with Crippen LogP contribution in [0.4, 0.5) is 10.1 Å². The van der Waals surface area contributed by atoms with Crippen LogP contribution in [0, 0.1) is 5.82 Å². The Morgan fingerprint density at radius 2 is 2.00 bits per heavy atom. The van der Waals surface area contributed by atoms with Crippen LogP contribution in [-0.4, -0.2) is 35.3 Å². The predicted molar refractivity (Wildman–Crippen MR) is 77.7 cm³/mol. The van der Waals surface area contributed by atoms with E-state index in [4.69, 9.17) is 11.6 Å². The van der Waals surface area contributed by atoms with Crippen molar-refractivity contribution in [2.45, 2.75) is 38.3 Å². The van der Waals surface area contributed by atoms with Crippen LogP contribution in [0.2, 0.25) is 5.02 Å². The van der Waals surface area contributed by atoms with Crippen LogP contribution in [0.3, 0.4) is 0 Å². The van der Waals surface area contributed by atoms with Crippen LogP contribution in [0.1, 0.15) is 26.2 Å². The summed E-state index contributed by atoms with van der Waals surface area (Å²) in [4.78, 5) is 28.2. The van der Waals surface area contributed by atoms with E-state index in [2.05, 4.69) is 0 Å². The second-order valence-corrected chi connectivity index (χ2v) is 5.93. The fourth-order valence-electron chi connectivity index (χ4n) is 3.15. The monoisotopic (exact) mass is 310 g/mol. The number of piperidine rings is 1. The van der Waals surface area contributed by atoms with Gasteiger partial charge in [0.25, 0.3) is 5.91 Å². The van der Waals surface area contributed by atoms with Crippen molar-refractivity contribution in [3.05, 3.63) is 29.0 Å². The quantitative estimate of drug-likeness (QED) is 0.800. The predicted octanol–water partition coefficient (Wildman–Crippen LogP) is 2.60. The first-order valence-corrected chi connectivity index (χ1v) is 7.47.